The molecule has 2 aromatic carbocycles. The number of sulfonamides is 1. The van der Waals surface area contributed by atoms with Crippen molar-refractivity contribution in [2.75, 3.05) is 10.2 Å². The third-order valence-corrected chi connectivity index (χ3v) is 6.95. The second-order valence-electron chi connectivity index (χ2n) is 8.07. The van der Waals surface area contributed by atoms with Crippen molar-refractivity contribution in [3.05, 3.63) is 53.1 Å². The number of fused-ring (bicyclic) bond motifs is 1. The molecule has 1 heterocycles. The van der Waals surface area contributed by atoms with E-state index in [9.17, 15) is 18.0 Å². The molecule has 0 radical (unpaired) electrons. The highest BCUT2D eigenvalue weighted by Gasteiger charge is 2.32. The van der Waals surface area contributed by atoms with Gasteiger partial charge in [0, 0.05) is 29.4 Å². The molecular formula is C22H26ClN3O4S. The molecular weight excluding hydrogens is 438 g/mol. The quantitative estimate of drug-likeness (QED) is 0.684. The van der Waals surface area contributed by atoms with Crippen molar-refractivity contribution in [2.24, 2.45) is 5.92 Å². The Morgan fingerprint density at radius 2 is 1.77 bits per heavy atom. The minimum Gasteiger partial charge on any atom is -0.325 e. The van der Waals surface area contributed by atoms with E-state index in [2.05, 4.69) is 10.0 Å². The number of anilines is 2. The first-order valence-corrected chi connectivity index (χ1v) is 11.9. The van der Waals surface area contributed by atoms with Crippen LogP contribution in [0.15, 0.2) is 47.4 Å². The maximum Gasteiger partial charge on any atom is 0.242 e. The van der Waals surface area contributed by atoms with Gasteiger partial charge in [-0.25, -0.2) is 8.42 Å². The summed E-state index contributed by atoms with van der Waals surface area (Å²) in [6.07, 6.45) is 0.572. The molecule has 2 unspecified atom stereocenters. The van der Waals surface area contributed by atoms with E-state index in [0.29, 0.717) is 17.1 Å². The topological polar surface area (TPSA) is 95.6 Å². The molecule has 0 spiro atoms. The smallest absolute Gasteiger partial charge is 0.242 e. The standard InChI is InChI=1S/C22H26ClN3O4S/c1-13(2)21(22(28)24-18-7-5-17(23)6-8-18)25-31(29,30)19-9-10-20-16(12-19)11-14(3)26(20)15(4)27/h5-10,12-14,21,25H,11H2,1-4H3,(H,24,28). The highest BCUT2D eigenvalue weighted by molar-refractivity contribution is 7.89. The normalized spacial score (nSPS) is 16.8. The number of nitrogens with one attached hydrogen (secondary N) is 2. The predicted octanol–water partition coefficient (Wildman–Crippen LogP) is 3.58. The minimum absolute atomic E-state index is 0.0352. The molecule has 1 aliphatic heterocycles. The fourth-order valence-electron chi connectivity index (χ4n) is 3.74. The van der Waals surface area contributed by atoms with Gasteiger partial charge >= 0.3 is 0 Å². The summed E-state index contributed by atoms with van der Waals surface area (Å²) in [5, 5.41) is 3.26. The number of amides is 2. The lowest BCUT2D eigenvalue weighted by molar-refractivity contribution is -0.118. The first-order chi connectivity index (χ1) is 14.5. The zero-order valence-electron chi connectivity index (χ0n) is 17.8. The summed E-state index contributed by atoms with van der Waals surface area (Å²) in [4.78, 5) is 26.4. The molecule has 0 saturated carbocycles. The fourth-order valence-corrected chi connectivity index (χ4v) is 5.26. The van der Waals surface area contributed by atoms with Crippen LogP contribution in [-0.2, 0) is 26.0 Å². The average molecular weight is 464 g/mol. The molecule has 0 saturated heterocycles. The number of hydrogen-bond acceptors (Lipinski definition) is 4. The highest BCUT2D eigenvalue weighted by atomic mass is 35.5. The molecule has 0 aliphatic carbocycles. The van der Waals surface area contributed by atoms with E-state index in [1.165, 1.54) is 13.0 Å². The van der Waals surface area contributed by atoms with Crippen LogP contribution in [0.1, 0.15) is 33.3 Å². The van der Waals surface area contributed by atoms with Crippen molar-refractivity contribution >= 4 is 44.8 Å². The summed E-state index contributed by atoms with van der Waals surface area (Å²) in [7, 11) is -3.96. The van der Waals surface area contributed by atoms with E-state index in [-0.39, 0.29) is 22.8 Å². The van der Waals surface area contributed by atoms with Crippen LogP contribution < -0.4 is 14.9 Å². The lowest BCUT2D eigenvalue weighted by Gasteiger charge is -2.22. The second-order valence-corrected chi connectivity index (χ2v) is 10.2. The zero-order valence-corrected chi connectivity index (χ0v) is 19.4. The zero-order chi connectivity index (χ0) is 22.9. The van der Waals surface area contributed by atoms with E-state index in [4.69, 9.17) is 11.6 Å². The molecule has 2 amide bonds. The maximum atomic E-state index is 13.1. The van der Waals surface area contributed by atoms with E-state index in [0.717, 1.165) is 11.3 Å². The Balaban J connectivity index is 1.82. The Morgan fingerprint density at radius 3 is 2.35 bits per heavy atom. The van der Waals surface area contributed by atoms with Crippen molar-refractivity contribution in [3.63, 3.8) is 0 Å². The Morgan fingerprint density at radius 1 is 1.13 bits per heavy atom. The number of carbonyl (C=O) groups is 2. The van der Waals surface area contributed by atoms with Crippen molar-refractivity contribution in [1.29, 1.82) is 0 Å². The summed E-state index contributed by atoms with van der Waals surface area (Å²) in [6, 6.07) is 10.3. The van der Waals surface area contributed by atoms with Crippen LogP contribution in [0, 0.1) is 5.92 Å². The summed E-state index contributed by atoms with van der Waals surface area (Å²) in [5.41, 5.74) is 2.03. The molecule has 2 atom stereocenters. The summed E-state index contributed by atoms with van der Waals surface area (Å²) >= 11 is 5.87. The van der Waals surface area contributed by atoms with Crippen molar-refractivity contribution in [3.8, 4) is 0 Å². The minimum atomic E-state index is -3.96. The Hall–Kier alpha value is -2.42. The summed E-state index contributed by atoms with van der Waals surface area (Å²) in [6.45, 7) is 6.95. The SMILES string of the molecule is CC(=O)N1c2ccc(S(=O)(=O)NC(C(=O)Nc3ccc(Cl)cc3)C(C)C)cc2CC1C. The molecule has 166 valence electrons. The lowest BCUT2D eigenvalue weighted by atomic mass is 10.0. The Kier molecular flexibility index (Phi) is 6.73. The van der Waals surface area contributed by atoms with Gasteiger partial charge in [-0.05, 0) is 67.3 Å². The number of carbonyl (C=O) groups excluding carboxylic acids is 2. The van der Waals surface area contributed by atoms with Gasteiger partial charge in [-0.1, -0.05) is 25.4 Å². The van der Waals surface area contributed by atoms with Crippen LogP contribution in [-0.4, -0.2) is 32.3 Å². The first-order valence-electron chi connectivity index (χ1n) is 10.0. The predicted molar refractivity (Wildman–Crippen MR) is 122 cm³/mol. The van der Waals surface area contributed by atoms with Crippen LogP contribution in [0.2, 0.25) is 5.02 Å². The molecule has 9 heteroatoms. The van der Waals surface area contributed by atoms with E-state index < -0.39 is 22.0 Å². The number of rotatable bonds is 6. The van der Waals surface area contributed by atoms with Crippen molar-refractivity contribution < 1.29 is 18.0 Å². The molecule has 2 N–H and O–H groups in total. The van der Waals surface area contributed by atoms with Gasteiger partial charge < -0.3 is 10.2 Å². The highest BCUT2D eigenvalue weighted by Crippen LogP contribution is 2.34. The fraction of sp³-hybridized carbons (Fsp3) is 0.364. The van der Waals surface area contributed by atoms with Gasteiger partial charge in [0.05, 0.1) is 4.90 Å². The van der Waals surface area contributed by atoms with Gasteiger partial charge in [0.25, 0.3) is 0 Å². The molecule has 1 aliphatic rings. The van der Waals surface area contributed by atoms with Gasteiger partial charge in [0.1, 0.15) is 6.04 Å². The third-order valence-electron chi connectivity index (χ3n) is 5.26. The van der Waals surface area contributed by atoms with E-state index in [1.807, 2.05) is 6.92 Å². The van der Waals surface area contributed by atoms with Gasteiger partial charge in [-0.15, -0.1) is 0 Å². The van der Waals surface area contributed by atoms with Crippen LogP contribution in [0.4, 0.5) is 11.4 Å². The molecule has 2 aromatic rings. The average Bonchev–Trinajstić information content (AvgIpc) is 3.02. The van der Waals surface area contributed by atoms with Crippen LogP contribution >= 0.6 is 11.6 Å². The first kappa shape index (κ1) is 23.2. The Labute approximate surface area is 187 Å². The van der Waals surface area contributed by atoms with Crippen molar-refractivity contribution in [1.82, 2.24) is 4.72 Å². The number of nitrogens with zero attached hydrogens (tertiary/aromatic N) is 1. The van der Waals surface area contributed by atoms with Gasteiger partial charge in [0.15, 0.2) is 0 Å². The van der Waals surface area contributed by atoms with Crippen LogP contribution in [0.25, 0.3) is 0 Å². The second kappa shape index (κ2) is 8.98. The number of halogens is 1. The van der Waals surface area contributed by atoms with Crippen LogP contribution in [0.5, 0.6) is 0 Å². The van der Waals surface area contributed by atoms with Crippen molar-refractivity contribution in [2.45, 2.75) is 51.1 Å². The third kappa shape index (κ3) is 5.08. The van der Waals surface area contributed by atoms with Crippen LogP contribution in [0.3, 0.4) is 0 Å². The Bertz CT molecular complexity index is 1100. The number of hydrogen-bond donors (Lipinski definition) is 2. The summed E-state index contributed by atoms with van der Waals surface area (Å²) < 4.78 is 28.6. The van der Waals surface area contributed by atoms with Gasteiger partial charge in [-0.2, -0.15) is 4.72 Å². The monoisotopic (exact) mass is 463 g/mol. The molecule has 7 nitrogen and oxygen atoms in total. The number of benzene rings is 2. The molecule has 0 fully saturated rings. The van der Waals surface area contributed by atoms with Gasteiger partial charge in [0.2, 0.25) is 21.8 Å². The van der Waals surface area contributed by atoms with Gasteiger partial charge in [-0.3, -0.25) is 9.59 Å². The molecule has 31 heavy (non-hydrogen) atoms. The largest absolute Gasteiger partial charge is 0.325 e. The van der Waals surface area contributed by atoms with E-state index >= 15 is 0 Å². The molecule has 0 aromatic heterocycles. The summed E-state index contributed by atoms with van der Waals surface area (Å²) in [5.74, 6) is -0.832. The van der Waals surface area contributed by atoms with E-state index in [1.54, 1.807) is 55.1 Å². The lowest BCUT2D eigenvalue weighted by Crippen LogP contribution is -2.47. The molecule has 3 rings (SSSR count). The maximum absolute atomic E-state index is 13.1. The molecule has 0 bridgehead atoms.